The Morgan fingerprint density at radius 1 is 0.378 bits per heavy atom. The second-order valence-corrected chi connectivity index (χ2v) is 13.4. The van der Waals surface area contributed by atoms with E-state index in [2.05, 4.69) is 103 Å². The van der Waals surface area contributed by atoms with Gasteiger partial charge in [0, 0.05) is 0 Å². The predicted molar refractivity (Wildman–Crippen MR) is 153 cm³/mol. The fourth-order valence-electron chi connectivity index (χ4n) is 4.95. The second-order valence-electron chi connectivity index (χ2n) is 10.0. The summed E-state index contributed by atoms with van der Waals surface area (Å²) < 4.78 is 26.8. The quantitative estimate of drug-likeness (QED) is 0.154. The van der Waals surface area contributed by atoms with E-state index in [0.29, 0.717) is 26.4 Å². The summed E-state index contributed by atoms with van der Waals surface area (Å²) in [6, 6.07) is 1.04. The molecule has 0 saturated heterocycles. The van der Waals surface area contributed by atoms with Gasteiger partial charge in [-0.15, -0.1) is 0 Å². The first-order chi connectivity index (χ1) is 17.6. The molecular weight excluding hydrogens is 504 g/mol. The molecule has 0 aromatic carbocycles. The average molecular weight is 569 g/mol. The maximum atomic E-state index is 6.69. The molecule has 0 aliphatic heterocycles. The van der Waals surface area contributed by atoms with E-state index >= 15 is 0 Å². The van der Waals surface area contributed by atoms with Gasteiger partial charge in [0.1, 0.15) is 0 Å². The number of rotatable bonds is 24. The normalized spacial score (nSPS) is 17.5. The standard InChI is InChI=1S/4C7H16NO.Ti/c4*1-4-8(5-2)7(3)6-9;/h4*7H,4-6H2,1-3H3;/q4*-1;+4. The molecule has 0 aliphatic rings. The van der Waals surface area contributed by atoms with Gasteiger partial charge in [-0.3, -0.25) is 0 Å². The summed E-state index contributed by atoms with van der Waals surface area (Å²) >= 11 is -4.10. The topological polar surface area (TPSA) is 49.9 Å². The zero-order valence-corrected chi connectivity index (χ0v) is 28.3. The van der Waals surface area contributed by atoms with Crippen molar-refractivity contribution in [3.8, 4) is 0 Å². The monoisotopic (exact) mass is 568 g/mol. The first-order valence-electron chi connectivity index (χ1n) is 15.1. The third kappa shape index (κ3) is 13.5. The minimum absolute atomic E-state index is 0.261. The van der Waals surface area contributed by atoms with Crippen LogP contribution in [0.1, 0.15) is 83.1 Å². The fourth-order valence-corrected chi connectivity index (χ4v) is 8.51. The van der Waals surface area contributed by atoms with Crippen LogP contribution in [0, 0.1) is 0 Å². The van der Waals surface area contributed by atoms with Crippen LogP contribution >= 0.6 is 0 Å². The van der Waals surface area contributed by atoms with Crippen molar-refractivity contribution in [3.05, 3.63) is 0 Å². The summed E-state index contributed by atoms with van der Waals surface area (Å²) in [5.41, 5.74) is 0. The molecule has 0 amide bonds. The molecule has 4 unspecified atom stereocenters. The van der Waals surface area contributed by atoms with Gasteiger partial charge in [-0.25, -0.2) is 0 Å². The molecule has 224 valence electrons. The first kappa shape index (κ1) is 37.4. The van der Waals surface area contributed by atoms with Crippen molar-refractivity contribution in [3.63, 3.8) is 0 Å². The molecule has 0 bridgehead atoms. The van der Waals surface area contributed by atoms with Gasteiger partial charge >= 0.3 is 237 Å². The second kappa shape index (κ2) is 21.2. The van der Waals surface area contributed by atoms with Crippen LogP contribution in [-0.4, -0.2) is 123 Å². The Bertz CT molecular complexity index is 439. The van der Waals surface area contributed by atoms with Crippen molar-refractivity contribution in [2.24, 2.45) is 0 Å². The minimum atomic E-state index is -4.10. The Hall–Kier alpha value is 0.394. The van der Waals surface area contributed by atoms with Crippen LogP contribution in [0.4, 0.5) is 0 Å². The molecule has 0 radical (unpaired) electrons. The maximum absolute atomic E-state index is 6.69. The van der Waals surface area contributed by atoms with Crippen molar-refractivity contribution in [1.82, 2.24) is 19.6 Å². The Labute approximate surface area is 236 Å². The van der Waals surface area contributed by atoms with Gasteiger partial charge in [0.15, 0.2) is 0 Å². The Morgan fingerprint density at radius 2 is 0.541 bits per heavy atom. The van der Waals surface area contributed by atoms with Gasteiger partial charge in [0.2, 0.25) is 0 Å². The van der Waals surface area contributed by atoms with Crippen molar-refractivity contribution < 1.29 is 31.4 Å². The van der Waals surface area contributed by atoms with Crippen LogP contribution in [0.5, 0.6) is 0 Å². The first-order valence-corrected chi connectivity index (χ1v) is 17.7. The molecule has 0 aliphatic carbocycles. The van der Waals surface area contributed by atoms with E-state index in [1.54, 1.807) is 0 Å². The van der Waals surface area contributed by atoms with Gasteiger partial charge in [-0.2, -0.15) is 0 Å². The Kier molecular flexibility index (Phi) is 21.4. The van der Waals surface area contributed by atoms with Crippen LogP contribution in [-0.2, 0) is 31.4 Å². The van der Waals surface area contributed by atoms with Crippen LogP contribution < -0.4 is 0 Å². The van der Waals surface area contributed by atoms with E-state index in [-0.39, 0.29) is 24.2 Å². The van der Waals surface area contributed by atoms with E-state index in [1.807, 2.05) is 0 Å². The molecular formula is C28H64N4O4Ti. The SMILES string of the molecule is CCN(CC)C(C)C[O][Ti]([O]CC(C)N(CC)CC)([O]CC(C)N(CC)CC)[O]CC(C)N(CC)CC. The van der Waals surface area contributed by atoms with E-state index in [1.165, 1.54) is 0 Å². The van der Waals surface area contributed by atoms with Crippen molar-refractivity contribution >= 4 is 0 Å². The van der Waals surface area contributed by atoms with Crippen LogP contribution in [0.3, 0.4) is 0 Å². The van der Waals surface area contributed by atoms with Crippen molar-refractivity contribution in [2.75, 3.05) is 78.8 Å². The molecule has 9 heteroatoms. The summed E-state index contributed by atoms with van der Waals surface area (Å²) in [7, 11) is 0. The van der Waals surface area contributed by atoms with Crippen LogP contribution in [0.2, 0.25) is 0 Å². The number of hydrogen-bond acceptors (Lipinski definition) is 8. The summed E-state index contributed by atoms with van der Waals surface area (Å²) in [6.07, 6.45) is 0. The molecule has 0 heterocycles. The van der Waals surface area contributed by atoms with Gasteiger partial charge in [-0.05, 0) is 0 Å². The molecule has 0 saturated carbocycles. The molecule has 4 atom stereocenters. The third-order valence-electron chi connectivity index (χ3n) is 7.75. The van der Waals surface area contributed by atoms with E-state index in [9.17, 15) is 0 Å². The van der Waals surface area contributed by atoms with Gasteiger partial charge in [-0.1, -0.05) is 0 Å². The number of nitrogens with zero attached hydrogens (tertiary/aromatic N) is 4. The Balaban J connectivity index is 5.97. The summed E-state index contributed by atoms with van der Waals surface area (Å²) in [6.45, 7) is 36.5. The molecule has 0 aromatic rings. The zero-order chi connectivity index (χ0) is 28.4. The van der Waals surface area contributed by atoms with E-state index in [4.69, 9.17) is 13.3 Å². The molecule has 0 aromatic heterocycles. The molecule has 0 spiro atoms. The Morgan fingerprint density at radius 3 is 0.676 bits per heavy atom. The predicted octanol–water partition coefficient (Wildman–Crippen LogP) is 4.79. The third-order valence-corrected chi connectivity index (χ3v) is 11.0. The number of likely N-dealkylation sites (N-methyl/N-ethyl adjacent to an activating group) is 4. The number of hydrogen-bond donors (Lipinski definition) is 0. The zero-order valence-electron chi connectivity index (χ0n) is 26.7. The van der Waals surface area contributed by atoms with Crippen molar-refractivity contribution in [1.29, 1.82) is 0 Å². The summed E-state index contributed by atoms with van der Waals surface area (Å²) in [5, 5.41) is 0. The van der Waals surface area contributed by atoms with Crippen LogP contribution in [0.15, 0.2) is 0 Å². The fraction of sp³-hybridized carbons (Fsp3) is 1.00. The average Bonchev–Trinajstić information content (AvgIpc) is 2.90. The van der Waals surface area contributed by atoms with Gasteiger partial charge in [0.05, 0.1) is 0 Å². The van der Waals surface area contributed by atoms with Gasteiger partial charge < -0.3 is 0 Å². The van der Waals surface area contributed by atoms with E-state index < -0.39 is 18.1 Å². The van der Waals surface area contributed by atoms with Gasteiger partial charge in [0.25, 0.3) is 0 Å². The molecule has 0 rings (SSSR count). The summed E-state index contributed by atoms with van der Waals surface area (Å²) in [5.74, 6) is 0. The molecule has 37 heavy (non-hydrogen) atoms. The molecule has 8 nitrogen and oxygen atoms in total. The molecule has 0 fully saturated rings. The van der Waals surface area contributed by atoms with Crippen LogP contribution in [0.25, 0.3) is 0 Å². The summed E-state index contributed by atoms with van der Waals surface area (Å²) in [4.78, 5) is 9.62. The molecule has 0 N–H and O–H groups in total. The van der Waals surface area contributed by atoms with Crippen molar-refractivity contribution in [2.45, 2.75) is 107 Å². The van der Waals surface area contributed by atoms with E-state index in [0.717, 1.165) is 52.4 Å².